The van der Waals surface area contributed by atoms with E-state index in [9.17, 15) is 13.7 Å². The van der Waals surface area contributed by atoms with Gasteiger partial charge < -0.3 is 22.9 Å². The Morgan fingerprint density at radius 1 is 1.05 bits per heavy atom. The number of fused-ring (bicyclic) bond motifs is 1. The van der Waals surface area contributed by atoms with Gasteiger partial charge in [0.15, 0.2) is 5.69 Å². The maximum atomic E-state index is 14.0. The highest BCUT2D eigenvalue weighted by Crippen LogP contribution is 2.32. The summed E-state index contributed by atoms with van der Waals surface area (Å²) in [6.07, 6.45) is 1.33. The van der Waals surface area contributed by atoms with Crippen molar-refractivity contribution in [3.8, 4) is 11.5 Å². The Kier molecular flexibility index (Phi) is 2.52. The smallest absolute Gasteiger partial charge is 0.599 e. The molecule has 0 fully saturated rings. The Balaban J connectivity index is 2.16. The van der Waals surface area contributed by atoms with Crippen molar-refractivity contribution in [2.45, 2.75) is 0 Å². The van der Waals surface area contributed by atoms with Crippen LogP contribution in [0.5, 0.6) is 11.5 Å². The minimum absolute atomic E-state index is 0.0165. The van der Waals surface area contributed by atoms with Crippen molar-refractivity contribution >= 4 is 18.9 Å². The lowest BCUT2D eigenvalue weighted by molar-refractivity contribution is -0.343. The van der Waals surface area contributed by atoms with E-state index >= 15 is 0 Å². The van der Waals surface area contributed by atoms with Gasteiger partial charge in [-0.15, -0.1) is 0 Å². The van der Waals surface area contributed by atoms with Crippen LogP contribution in [0.4, 0.5) is 14.3 Å². The van der Waals surface area contributed by atoms with Crippen LogP contribution in [0.15, 0.2) is 48.5 Å². The van der Waals surface area contributed by atoms with Crippen LogP contribution in [0.3, 0.4) is 0 Å². The van der Waals surface area contributed by atoms with Crippen LogP contribution in [0.2, 0.25) is 0 Å². The molecule has 0 amide bonds. The lowest BCUT2D eigenvalue weighted by Crippen LogP contribution is -2.46. The Morgan fingerprint density at radius 3 is 2.53 bits per heavy atom. The Hall–Kier alpha value is -2.37. The van der Waals surface area contributed by atoms with E-state index < -0.39 is 7.04 Å². The number of phenolic OH excluding ortho intramolecular Hbond substituents is 1. The first-order valence-corrected chi connectivity index (χ1v) is 5.78. The molecule has 0 bridgehead atoms. The number of phenols is 1. The molecule has 3 rings (SSSR count). The molecule has 3 nitrogen and oxygen atoms in total. The fourth-order valence-electron chi connectivity index (χ4n) is 2.03. The normalized spacial score (nSPS) is 16.2. The first kappa shape index (κ1) is 11.7. The van der Waals surface area contributed by atoms with Gasteiger partial charge >= 0.3 is 7.04 Å². The van der Waals surface area contributed by atoms with Gasteiger partial charge in [-0.05, 0) is 12.1 Å². The average Bonchev–Trinajstić information content (AvgIpc) is 2.38. The third-order valence-corrected chi connectivity index (χ3v) is 2.92. The van der Waals surface area contributed by atoms with E-state index in [-0.39, 0.29) is 11.5 Å². The maximum absolute atomic E-state index is 14.0. The second-order valence-electron chi connectivity index (χ2n) is 4.27. The summed E-state index contributed by atoms with van der Waals surface area (Å²) in [6.45, 7) is 0. The van der Waals surface area contributed by atoms with E-state index in [0.29, 0.717) is 11.3 Å². The Labute approximate surface area is 108 Å². The monoisotopic (exact) mass is 261 g/mol. The number of hydrogen-bond acceptors (Lipinski definition) is 2. The third kappa shape index (κ3) is 2.05. The molecule has 0 atom stereocenters. The molecule has 1 N–H and O–H groups in total. The lowest BCUT2D eigenvalue weighted by atomic mass is 9.98. The predicted molar refractivity (Wildman–Crippen MR) is 68.2 cm³/mol. The minimum Gasteiger partial charge on any atom is -0.599 e. The fraction of sp³-hybridized carbons (Fsp3) is 0. The van der Waals surface area contributed by atoms with Crippen LogP contribution in [0.25, 0.3) is 0 Å². The summed E-state index contributed by atoms with van der Waals surface area (Å²) in [4.78, 5) is 0. The summed E-state index contributed by atoms with van der Waals surface area (Å²) in [7, 11) is -4.20. The van der Waals surface area contributed by atoms with E-state index in [1.807, 2.05) is 0 Å². The van der Waals surface area contributed by atoms with Crippen molar-refractivity contribution in [2.75, 3.05) is 0 Å². The van der Waals surface area contributed by atoms with Crippen LogP contribution >= 0.6 is 0 Å². The zero-order chi connectivity index (χ0) is 13.5. The summed E-state index contributed by atoms with van der Waals surface area (Å²) < 4.78 is 33.6. The Bertz CT molecular complexity index is 659. The molecule has 6 heteroatoms. The fourth-order valence-corrected chi connectivity index (χ4v) is 2.03. The molecule has 0 radical (unpaired) electrons. The zero-order valence-corrected chi connectivity index (χ0v) is 9.83. The van der Waals surface area contributed by atoms with Crippen molar-refractivity contribution in [1.29, 1.82) is 0 Å². The molecular weight excluding hydrogens is 251 g/mol. The van der Waals surface area contributed by atoms with E-state index in [2.05, 4.69) is 0 Å². The van der Waals surface area contributed by atoms with Gasteiger partial charge in [0.25, 0.3) is 0 Å². The molecule has 19 heavy (non-hydrogen) atoms. The van der Waals surface area contributed by atoms with Crippen LogP contribution in [-0.2, 0) is 0 Å². The molecular formula is C13H10BF2NO2. The van der Waals surface area contributed by atoms with Crippen molar-refractivity contribution in [1.82, 2.24) is 0 Å². The van der Waals surface area contributed by atoms with Crippen LogP contribution in [0.1, 0.15) is 5.56 Å². The van der Waals surface area contributed by atoms with E-state index in [0.717, 1.165) is 4.49 Å². The lowest BCUT2D eigenvalue weighted by Gasteiger charge is -2.28. The molecule has 1 aliphatic rings. The van der Waals surface area contributed by atoms with Crippen LogP contribution < -0.4 is 4.65 Å². The van der Waals surface area contributed by atoms with Gasteiger partial charge in [-0.25, -0.2) is 0 Å². The molecule has 0 unspecified atom stereocenters. The minimum atomic E-state index is -4.20. The second kappa shape index (κ2) is 4.08. The second-order valence-corrected chi connectivity index (χ2v) is 4.27. The standard InChI is InChI=1S/C13H10BF2NO2/c15-14(16)17(11-4-2-1-3-5-11)9-10-6-7-12(18)8-13(10)19-14/h1-9,18H. The molecule has 0 aliphatic carbocycles. The van der Waals surface area contributed by atoms with Crippen molar-refractivity contribution in [2.24, 2.45) is 0 Å². The van der Waals surface area contributed by atoms with Crippen molar-refractivity contribution in [3.05, 3.63) is 54.1 Å². The van der Waals surface area contributed by atoms with Gasteiger partial charge in [-0.3, -0.25) is 0 Å². The number of rotatable bonds is 1. The summed E-state index contributed by atoms with van der Waals surface area (Å²) in [5.74, 6) is -0.121. The van der Waals surface area contributed by atoms with Crippen molar-refractivity contribution < 1.29 is 22.9 Å². The SMILES string of the molecule is Oc1ccc2c(c1)O[B-](F)(F)[N+](c1ccccc1)=C2. The van der Waals surface area contributed by atoms with Crippen LogP contribution in [-0.4, -0.2) is 22.8 Å². The maximum Gasteiger partial charge on any atom is 0.834 e. The van der Waals surface area contributed by atoms with Crippen LogP contribution in [0, 0.1) is 0 Å². The topological polar surface area (TPSA) is 32.5 Å². The third-order valence-electron chi connectivity index (χ3n) is 2.92. The molecule has 1 aliphatic heterocycles. The molecule has 0 spiro atoms. The molecule has 0 saturated heterocycles. The van der Waals surface area contributed by atoms with Gasteiger partial charge in [0, 0.05) is 18.2 Å². The highest BCUT2D eigenvalue weighted by Gasteiger charge is 2.50. The van der Waals surface area contributed by atoms with Gasteiger partial charge in [0.1, 0.15) is 12.0 Å². The summed E-state index contributed by atoms with van der Waals surface area (Å²) >= 11 is 0. The first-order chi connectivity index (χ1) is 9.06. The van der Waals surface area contributed by atoms with Gasteiger partial charge in [0.05, 0.1) is 11.3 Å². The largest absolute Gasteiger partial charge is 0.834 e. The van der Waals surface area contributed by atoms with E-state index in [4.69, 9.17) is 4.65 Å². The number of para-hydroxylation sites is 1. The first-order valence-electron chi connectivity index (χ1n) is 5.78. The quantitative estimate of drug-likeness (QED) is 0.800. The highest BCUT2D eigenvalue weighted by atomic mass is 19.3. The molecule has 1 heterocycles. The number of aromatic hydroxyl groups is 1. The summed E-state index contributed by atoms with van der Waals surface area (Å²) in [6, 6.07) is 12.4. The van der Waals surface area contributed by atoms with Crippen molar-refractivity contribution in [3.63, 3.8) is 0 Å². The van der Waals surface area contributed by atoms with Gasteiger partial charge in [-0.2, -0.15) is 0 Å². The molecule has 2 aromatic carbocycles. The molecule has 2 aromatic rings. The van der Waals surface area contributed by atoms with Gasteiger partial charge in [0.2, 0.25) is 0 Å². The van der Waals surface area contributed by atoms with Gasteiger partial charge in [-0.1, -0.05) is 18.2 Å². The molecule has 0 aromatic heterocycles. The molecule has 0 saturated carbocycles. The van der Waals surface area contributed by atoms with E-state index in [1.54, 1.807) is 30.3 Å². The summed E-state index contributed by atoms with van der Waals surface area (Å²) in [5, 5.41) is 9.30. The average molecular weight is 261 g/mol. The number of halogens is 2. The Morgan fingerprint density at radius 2 is 1.79 bits per heavy atom. The highest BCUT2D eigenvalue weighted by molar-refractivity contribution is 6.53. The zero-order valence-electron chi connectivity index (χ0n) is 9.83. The number of nitrogens with zero attached hydrogens (tertiary/aromatic N) is 1. The number of benzene rings is 2. The summed E-state index contributed by atoms with van der Waals surface area (Å²) in [5.41, 5.74) is 0.848. The molecule has 96 valence electrons. The predicted octanol–water partition coefficient (Wildman–Crippen LogP) is 2.92. The number of hydrogen-bond donors (Lipinski definition) is 1. The van der Waals surface area contributed by atoms with E-state index in [1.165, 1.54) is 24.4 Å².